The van der Waals surface area contributed by atoms with Gasteiger partial charge in [-0.05, 0) is 19.3 Å². The molecule has 0 heterocycles. The quantitative estimate of drug-likeness (QED) is 0.592. The minimum absolute atomic E-state index is 0.203. The van der Waals surface area contributed by atoms with Crippen molar-refractivity contribution in [1.82, 2.24) is 4.90 Å². The molecule has 0 rings (SSSR count). The first-order chi connectivity index (χ1) is 7.17. The Morgan fingerprint density at radius 2 is 2.07 bits per heavy atom. The average molecular weight is 215 g/mol. The molecule has 0 aliphatic heterocycles. The summed E-state index contributed by atoms with van der Waals surface area (Å²) in [5.74, 6) is 0.561. The van der Waals surface area contributed by atoms with Gasteiger partial charge in [-0.3, -0.25) is 4.90 Å². The second kappa shape index (κ2) is 8.89. The second-order valence-electron chi connectivity index (χ2n) is 3.99. The maximum atomic E-state index is 8.99. The van der Waals surface area contributed by atoms with Crippen molar-refractivity contribution >= 4 is 0 Å². The molecule has 2 unspecified atom stereocenters. The van der Waals surface area contributed by atoms with Crippen molar-refractivity contribution < 1.29 is 9.84 Å². The van der Waals surface area contributed by atoms with Crippen LogP contribution >= 0.6 is 0 Å². The van der Waals surface area contributed by atoms with E-state index < -0.39 is 0 Å². The summed E-state index contributed by atoms with van der Waals surface area (Å²) in [4.78, 5) is 2.26. The van der Waals surface area contributed by atoms with Crippen LogP contribution in [-0.4, -0.2) is 49.5 Å². The highest BCUT2D eigenvalue weighted by atomic mass is 16.5. The van der Waals surface area contributed by atoms with Crippen LogP contribution in [-0.2, 0) is 4.74 Å². The van der Waals surface area contributed by atoms with Crippen LogP contribution in [0.2, 0.25) is 0 Å². The van der Waals surface area contributed by atoms with Crippen molar-refractivity contribution in [3.63, 3.8) is 0 Å². The van der Waals surface area contributed by atoms with E-state index in [4.69, 9.17) is 9.84 Å². The van der Waals surface area contributed by atoms with Gasteiger partial charge in [-0.15, -0.1) is 6.58 Å². The van der Waals surface area contributed by atoms with Crippen molar-refractivity contribution in [3.05, 3.63) is 12.7 Å². The topological polar surface area (TPSA) is 32.7 Å². The molecule has 0 radical (unpaired) electrons. The summed E-state index contributed by atoms with van der Waals surface area (Å²) >= 11 is 0. The summed E-state index contributed by atoms with van der Waals surface area (Å²) in [5.41, 5.74) is 0. The van der Waals surface area contributed by atoms with E-state index in [1.54, 1.807) is 7.11 Å². The third kappa shape index (κ3) is 5.92. The highest BCUT2D eigenvalue weighted by Crippen LogP contribution is 2.14. The lowest BCUT2D eigenvalue weighted by molar-refractivity contribution is 0.0876. The highest BCUT2D eigenvalue weighted by Gasteiger charge is 2.18. The van der Waals surface area contributed by atoms with Crippen molar-refractivity contribution in [3.8, 4) is 0 Å². The molecule has 1 N–H and O–H groups in total. The van der Waals surface area contributed by atoms with Crippen molar-refractivity contribution in [2.45, 2.75) is 26.3 Å². The van der Waals surface area contributed by atoms with Gasteiger partial charge in [0.25, 0.3) is 0 Å². The van der Waals surface area contributed by atoms with Gasteiger partial charge in [0.05, 0.1) is 13.2 Å². The Labute approximate surface area is 93.7 Å². The number of rotatable bonds is 9. The molecule has 0 spiro atoms. The normalized spacial score (nSPS) is 15.3. The molecule has 2 atom stereocenters. The average Bonchev–Trinajstić information content (AvgIpc) is 2.23. The number of methoxy groups -OCH3 is 1. The molecule has 3 heteroatoms. The van der Waals surface area contributed by atoms with Crippen LogP contribution in [0.4, 0.5) is 0 Å². The smallest absolute Gasteiger partial charge is 0.0589 e. The van der Waals surface area contributed by atoms with Crippen molar-refractivity contribution in [1.29, 1.82) is 0 Å². The van der Waals surface area contributed by atoms with E-state index in [0.29, 0.717) is 25.1 Å². The summed E-state index contributed by atoms with van der Waals surface area (Å²) < 4.78 is 5.07. The summed E-state index contributed by atoms with van der Waals surface area (Å²) in [7, 11) is 1.70. The number of allylic oxidation sites excluding steroid dienone is 1. The number of hydrogen-bond donors (Lipinski definition) is 1. The maximum Gasteiger partial charge on any atom is 0.0589 e. The zero-order valence-electron chi connectivity index (χ0n) is 10.3. The van der Waals surface area contributed by atoms with Crippen LogP contribution in [0.5, 0.6) is 0 Å². The molecule has 15 heavy (non-hydrogen) atoms. The lowest BCUT2D eigenvalue weighted by Crippen LogP contribution is -2.41. The zero-order valence-corrected chi connectivity index (χ0v) is 10.3. The molecule has 0 aromatic heterocycles. The van der Waals surface area contributed by atoms with Gasteiger partial charge >= 0.3 is 0 Å². The third-order valence-corrected chi connectivity index (χ3v) is 2.91. The molecule has 0 aliphatic carbocycles. The minimum atomic E-state index is 0.203. The molecular weight excluding hydrogens is 190 g/mol. The van der Waals surface area contributed by atoms with Crippen LogP contribution in [0.15, 0.2) is 12.7 Å². The van der Waals surface area contributed by atoms with E-state index in [1.807, 2.05) is 6.08 Å². The van der Waals surface area contributed by atoms with Crippen LogP contribution < -0.4 is 0 Å². The van der Waals surface area contributed by atoms with Crippen LogP contribution in [0.3, 0.4) is 0 Å². The predicted octanol–water partition coefficient (Wildman–Crippen LogP) is 1.53. The van der Waals surface area contributed by atoms with Crippen LogP contribution in [0.1, 0.15) is 20.3 Å². The highest BCUT2D eigenvalue weighted by molar-refractivity contribution is 4.79. The number of ether oxygens (including phenoxy) is 1. The van der Waals surface area contributed by atoms with E-state index in [9.17, 15) is 0 Å². The fraction of sp³-hybridized carbons (Fsp3) is 0.833. The minimum Gasteiger partial charge on any atom is -0.395 e. The van der Waals surface area contributed by atoms with Gasteiger partial charge in [-0.1, -0.05) is 13.0 Å². The van der Waals surface area contributed by atoms with E-state index in [1.165, 1.54) is 0 Å². The Morgan fingerprint density at radius 1 is 1.40 bits per heavy atom. The van der Waals surface area contributed by atoms with Crippen LogP contribution in [0.25, 0.3) is 0 Å². The summed E-state index contributed by atoms with van der Waals surface area (Å²) in [6, 6.07) is 0.449. The van der Waals surface area contributed by atoms with Gasteiger partial charge in [0.1, 0.15) is 0 Å². The second-order valence-corrected chi connectivity index (χ2v) is 3.99. The van der Waals surface area contributed by atoms with Crippen molar-refractivity contribution in [2.24, 2.45) is 5.92 Å². The first-order valence-corrected chi connectivity index (χ1v) is 5.62. The third-order valence-electron chi connectivity index (χ3n) is 2.91. The lowest BCUT2D eigenvalue weighted by atomic mass is 9.98. The Balaban J connectivity index is 4.12. The van der Waals surface area contributed by atoms with E-state index in [2.05, 4.69) is 25.3 Å². The van der Waals surface area contributed by atoms with Gasteiger partial charge in [0.2, 0.25) is 0 Å². The molecule has 90 valence electrons. The fourth-order valence-corrected chi connectivity index (χ4v) is 1.68. The maximum absolute atomic E-state index is 8.99. The number of hydrogen-bond acceptors (Lipinski definition) is 3. The van der Waals surface area contributed by atoms with Gasteiger partial charge in [0, 0.05) is 26.2 Å². The largest absolute Gasteiger partial charge is 0.395 e. The SMILES string of the molecule is C=CCC(C)C(C)N(CCO)CCOC. The van der Waals surface area contributed by atoms with Crippen molar-refractivity contribution in [2.75, 3.05) is 33.4 Å². The Kier molecular flexibility index (Phi) is 8.67. The van der Waals surface area contributed by atoms with Crippen LogP contribution in [0, 0.1) is 5.92 Å². The van der Waals surface area contributed by atoms with Gasteiger partial charge in [-0.2, -0.15) is 0 Å². The molecule has 0 aromatic carbocycles. The van der Waals surface area contributed by atoms with Gasteiger partial charge < -0.3 is 9.84 Å². The zero-order chi connectivity index (χ0) is 11.7. The molecule has 0 aromatic rings. The Morgan fingerprint density at radius 3 is 2.53 bits per heavy atom. The fourth-order valence-electron chi connectivity index (χ4n) is 1.68. The molecular formula is C12H25NO2. The lowest BCUT2D eigenvalue weighted by Gasteiger charge is -2.32. The first-order valence-electron chi connectivity index (χ1n) is 5.62. The number of nitrogens with zero attached hydrogens (tertiary/aromatic N) is 1. The molecule has 0 saturated heterocycles. The molecule has 0 aliphatic rings. The van der Waals surface area contributed by atoms with Gasteiger partial charge in [0.15, 0.2) is 0 Å². The number of aliphatic hydroxyl groups excluding tert-OH is 1. The molecule has 0 saturated carbocycles. The van der Waals surface area contributed by atoms with Gasteiger partial charge in [-0.25, -0.2) is 0 Å². The summed E-state index contributed by atoms with van der Waals surface area (Å²) in [6.07, 6.45) is 2.96. The monoisotopic (exact) mass is 215 g/mol. The van der Waals surface area contributed by atoms with E-state index in [0.717, 1.165) is 13.0 Å². The molecule has 3 nitrogen and oxygen atoms in total. The summed E-state index contributed by atoms with van der Waals surface area (Å²) in [6.45, 7) is 10.7. The van der Waals surface area contributed by atoms with E-state index >= 15 is 0 Å². The Bertz CT molecular complexity index is 162. The first kappa shape index (κ1) is 14.6. The molecule has 0 bridgehead atoms. The van der Waals surface area contributed by atoms with E-state index in [-0.39, 0.29) is 6.61 Å². The predicted molar refractivity (Wildman–Crippen MR) is 64.0 cm³/mol. The summed E-state index contributed by atoms with van der Waals surface area (Å²) in [5, 5.41) is 8.99. The molecule has 0 amide bonds. The number of aliphatic hydroxyl groups is 1. The standard InChI is InChI=1S/C12H25NO2/c1-5-6-11(2)12(3)13(7-9-14)8-10-15-4/h5,11-12,14H,1,6-10H2,2-4H3. The molecule has 0 fully saturated rings. The Hall–Kier alpha value is -0.380.